The molecule has 0 aliphatic rings. The minimum absolute atomic E-state index is 0.332. The average molecular weight is 184 g/mol. The molecule has 0 aromatic heterocycles. The second-order valence-corrected chi connectivity index (χ2v) is 3.80. The van der Waals surface area contributed by atoms with Gasteiger partial charge in [-0.1, -0.05) is 32.4 Å². The van der Waals surface area contributed by atoms with E-state index in [4.69, 9.17) is 5.11 Å². The molecule has 0 heterocycles. The van der Waals surface area contributed by atoms with E-state index < -0.39 is 0 Å². The first-order valence-electron chi connectivity index (χ1n) is 5.53. The molecule has 0 aliphatic heterocycles. The highest BCUT2D eigenvalue weighted by molar-refractivity contribution is 5.00. The number of rotatable bonds is 7. The van der Waals surface area contributed by atoms with Crippen molar-refractivity contribution in [3.63, 3.8) is 0 Å². The summed E-state index contributed by atoms with van der Waals surface area (Å²) in [6, 6.07) is 0. The van der Waals surface area contributed by atoms with Crippen molar-refractivity contribution < 1.29 is 5.11 Å². The summed E-state index contributed by atoms with van der Waals surface area (Å²) in [5.41, 5.74) is 1.58. The Morgan fingerprint density at radius 1 is 1.38 bits per heavy atom. The maximum absolute atomic E-state index is 8.85. The predicted octanol–water partition coefficient (Wildman–Crippen LogP) is 3.53. The van der Waals surface area contributed by atoms with E-state index in [1.807, 2.05) is 0 Å². The van der Waals surface area contributed by atoms with Crippen molar-refractivity contribution in [2.75, 3.05) is 6.61 Å². The summed E-state index contributed by atoms with van der Waals surface area (Å²) in [7, 11) is 0. The van der Waals surface area contributed by atoms with Gasteiger partial charge in [0.25, 0.3) is 0 Å². The number of aliphatic hydroxyl groups excluding tert-OH is 1. The summed E-state index contributed by atoms with van der Waals surface area (Å²) in [6.45, 7) is 6.84. The van der Waals surface area contributed by atoms with Gasteiger partial charge in [-0.3, -0.25) is 0 Å². The van der Waals surface area contributed by atoms with Crippen molar-refractivity contribution >= 4 is 0 Å². The van der Waals surface area contributed by atoms with E-state index in [1.54, 1.807) is 5.57 Å². The van der Waals surface area contributed by atoms with Crippen LogP contribution < -0.4 is 0 Å². The predicted molar refractivity (Wildman–Crippen MR) is 58.8 cm³/mol. The van der Waals surface area contributed by atoms with Crippen molar-refractivity contribution in [3.8, 4) is 0 Å². The summed E-state index contributed by atoms with van der Waals surface area (Å²) in [5, 5.41) is 8.85. The van der Waals surface area contributed by atoms with E-state index in [-0.39, 0.29) is 0 Å². The highest BCUT2D eigenvalue weighted by atomic mass is 16.3. The molecule has 1 N–H and O–H groups in total. The lowest BCUT2D eigenvalue weighted by molar-refractivity contribution is 0.228. The van der Waals surface area contributed by atoms with Crippen LogP contribution in [0.1, 0.15) is 52.9 Å². The molecule has 0 aromatic rings. The Labute approximate surface area is 82.9 Å². The molecule has 0 amide bonds. The normalized spacial score (nSPS) is 14.6. The van der Waals surface area contributed by atoms with Crippen LogP contribution in [0.2, 0.25) is 0 Å². The van der Waals surface area contributed by atoms with Crippen molar-refractivity contribution in [3.05, 3.63) is 11.6 Å². The lowest BCUT2D eigenvalue weighted by Crippen LogP contribution is -2.00. The fourth-order valence-electron chi connectivity index (χ4n) is 1.48. The van der Waals surface area contributed by atoms with E-state index in [0.29, 0.717) is 12.5 Å². The standard InChI is InChI=1S/C12H24O/c1-4-7-12(5-2)9-6-8-11(3)10-13/h7,11,13H,4-6,8-10H2,1-3H3/b12-7-. The van der Waals surface area contributed by atoms with E-state index in [0.717, 1.165) is 12.8 Å². The van der Waals surface area contributed by atoms with Crippen molar-refractivity contribution in [1.82, 2.24) is 0 Å². The molecule has 0 aromatic carbocycles. The molecule has 0 spiro atoms. The molecule has 1 heteroatoms. The zero-order chi connectivity index (χ0) is 10.1. The third-order valence-corrected chi connectivity index (χ3v) is 2.45. The highest BCUT2D eigenvalue weighted by Gasteiger charge is 2.00. The van der Waals surface area contributed by atoms with Gasteiger partial charge in [-0.2, -0.15) is 0 Å². The highest BCUT2D eigenvalue weighted by Crippen LogP contribution is 2.15. The third kappa shape index (κ3) is 6.83. The van der Waals surface area contributed by atoms with Crippen LogP contribution in [0.5, 0.6) is 0 Å². The molecular weight excluding hydrogens is 160 g/mol. The largest absolute Gasteiger partial charge is 0.396 e. The summed E-state index contributed by atoms with van der Waals surface area (Å²) in [4.78, 5) is 0. The monoisotopic (exact) mass is 184 g/mol. The topological polar surface area (TPSA) is 20.2 Å². The molecule has 0 radical (unpaired) electrons. The SMILES string of the molecule is CC/C=C(/CC)CCCC(C)CO. The Hall–Kier alpha value is -0.300. The van der Waals surface area contributed by atoms with Gasteiger partial charge in [-0.25, -0.2) is 0 Å². The van der Waals surface area contributed by atoms with Crippen molar-refractivity contribution in [1.29, 1.82) is 0 Å². The lowest BCUT2D eigenvalue weighted by atomic mass is 10.00. The van der Waals surface area contributed by atoms with Gasteiger partial charge in [0.2, 0.25) is 0 Å². The smallest absolute Gasteiger partial charge is 0.0456 e. The van der Waals surface area contributed by atoms with E-state index in [9.17, 15) is 0 Å². The van der Waals surface area contributed by atoms with Crippen LogP contribution in [0, 0.1) is 5.92 Å². The zero-order valence-corrected chi connectivity index (χ0v) is 9.34. The molecule has 0 saturated heterocycles. The summed E-state index contributed by atoms with van der Waals surface area (Å²) < 4.78 is 0. The molecule has 1 nitrogen and oxygen atoms in total. The van der Waals surface area contributed by atoms with Gasteiger partial charge in [0.1, 0.15) is 0 Å². The van der Waals surface area contributed by atoms with Crippen LogP contribution in [-0.4, -0.2) is 11.7 Å². The van der Waals surface area contributed by atoms with Gasteiger partial charge >= 0.3 is 0 Å². The molecule has 1 unspecified atom stereocenters. The fraction of sp³-hybridized carbons (Fsp3) is 0.833. The maximum Gasteiger partial charge on any atom is 0.0456 e. The first-order valence-corrected chi connectivity index (χ1v) is 5.53. The number of hydrogen-bond donors (Lipinski definition) is 1. The van der Waals surface area contributed by atoms with Crippen LogP contribution in [0.4, 0.5) is 0 Å². The minimum Gasteiger partial charge on any atom is -0.396 e. The Balaban J connectivity index is 3.55. The van der Waals surface area contributed by atoms with Crippen LogP contribution in [0.15, 0.2) is 11.6 Å². The van der Waals surface area contributed by atoms with E-state index >= 15 is 0 Å². The Kier molecular flexibility index (Phi) is 8.11. The number of aliphatic hydroxyl groups is 1. The van der Waals surface area contributed by atoms with Gasteiger partial charge in [0.05, 0.1) is 0 Å². The van der Waals surface area contributed by atoms with Gasteiger partial charge in [-0.05, 0) is 38.0 Å². The first kappa shape index (κ1) is 12.7. The third-order valence-electron chi connectivity index (χ3n) is 2.45. The van der Waals surface area contributed by atoms with Gasteiger partial charge in [-0.15, -0.1) is 0 Å². The molecular formula is C12H24O. The molecule has 0 rings (SSSR count). The molecule has 13 heavy (non-hydrogen) atoms. The number of allylic oxidation sites excluding steroid dienone is 2. The van der Waals surface area contributed by atoms with Crippen LogP contribution >= 0.6 is 0 Å². The molecule has 1 atom stereocenters. The molecule has 0 fully saturated rings. The van der Waals surface area contributed by atoms with Crippen molar-refractivity contribution in [2.24, 2.45) is 5.92 Å². The minimum atomic E-state index is 0.332. The molecule has 0 bridgehead atoms. The summed E-state index contributed by atoms with van der Waals surface area (Å²) in [6.07, 6.45) is 8.26. The van der Waals surface area contributed by atoms with E-state index in [1.165, 1.54) is 19.3 Å². The van der Waals surface area contributed by atoms with E-state index in [2.05, 4.69) is 26.8 Å². The lowest BCUT2D eigenvalue weighted by Gasteiger charge is -2.08. The first-order chi connectivity index (χ1) is 6.24. The van der Waals surface area contributed by atoms with Crippen molar-refractivity contribution in [2.45, 2.75) is 52.9 Å². The van der Waals surface area contributed by atoms with Crippen LogP contribution in [-0.2, 0) is 0 Å². The zero-order valence-electron chi connectivity index (χ0n) is 9.34. The van der Waals surface area contributed by atoms with Gasteiger partial charge in [0, 0.05) is 6.61 Å². The Morgan fingerprint density at radius 3 is 2.54 bits per heavy atom. The Bertz CT molecular complexity index is 138. The van der Waals surface area contributed by atoms with Crippen LogP contribution in [0.25, 0.3) is 0 Å². The average Bonchev–Trinajstić information content (AvgIpc) is 2.16. The van der Waals surface area contributed by atoms with Gasteiger partial charge in [0.15, 0.2) is 0 Å². The van der Waals surface area contributed by atoms with Gasteiger partial charge < -0.3 is 5.11 Å². The quantitative estimate of drug-likeness (QED) is 0.600. The summed E-state index contributed by atoms with van der Waals surface area (Å²) in [5.74, 6) is 0.472. The maximum atomic E-state index is 8.85. The molecule has 78 valence electrons. The summed E-state index contributed by atoms with van der Waals surface area (Å²) >= 11 is 0. The second kappa shape index (κ2) is 8.31. The fourth-order valence-corrected chi connectivity index (χ4v) is 1.48. The Morgan fingerprint density at radius 2 is 2.08 bits per heavy atom. The van der Waals surface area contributed by atoms with Crippen LogP contribution in [0.3, 0.4) is 0 Å². The number of hydrogen-bond acceptors (Lipinski definition) is 1. The molecule has 0 saturated carbocycles. The molecule has 0 aliphatic carbocycles. The second-order valence-electron chi connectivity index (χ2n) is 3.80.